The van der Waals surface area contributed by atoms with Gasteiger partial charge in [-0.25, -0.2) is 0 Å². The minimum absolute atomic E-state index is 0.0409. The monoisotopic (exact) mass is 254 g/mol. The van der Waals surface area contributed by atoms with E-state index in [0.717, 1.165) is 51.4 Å². The molecule has 1 aliphatic heterocycles. The zero-order valence-corrected chi connectivity index (χ0v) is 11.7. The van der Waals surface area contributed by atoms with Gasteiger partial charge in [0.05, 0.1) is 11.8 Å². The van der Waals surface area contributed by atoms with Gasteiger partial charge in [-0.2, -0.15) is 0 Å². The Kier molecular flexibility index (Phi) is 6.99. The van der Waals surface area contributed by atoms with Gasteiger partial charge in [0.15, 0.2) is 0 Å². The molecule has 104 valence electrons. The predicted molar refractivity (Wildman–Crippen MR) is 71.0 cm³/mol. The van der Waals surface area contributed by atoms with Crippen molar-refractivity contribution in [3.05, 3.63) is 0 Å². The van der Waals surface area contributed by atoms with Crippen LogP contribution in [0.4, 0.5) is 0 Å². The summed E-state index contributed by atoms with van der Waals surface area (Å²) in [5.74, 6) is -0.660. The van der Waals surface area contributed by atoms with E-state index in [1.54, 1.807) is 0 Å². The molecule has 18 heavy (non-hydrogen) atoms. The minimum Gasteiger partial charge on any atom is -0.393 e. The molecule has 3 nitrogen and oxygen atoms in total. The second-order valence-corrected chi connectivity index (χ2v) is 5.36. The zero-order valence-electron chi connectivity index (χ0n) is 11.7. The molecule has 0 N–H and O–H groups in total. The summed E-state index contributed by atoms with van der Waals surface area (Å²) in [5, 5.41) is 0. The topological polar surface area (TPSA) is 43.4 Å². The van der Waals surface area contributed by atoms with E-state index in [4.69, 9.17) is 4.74 Å². The van der Waals surface area contributed by atoms with Crippen molar-refractivity contribution in [2.24, 2.45) is 11.8 Å². The van der Waals surface area contributed by atoms with Crippen LogP contribution in [0.25, 0.3) is 0 Å². The molecule has 0 amide bonds. The molecule has 1 fully saturated rings. The average Bonchev–Trinajstić information content (AvgIpc) is 2.34. The molecule has 0 aromatic rings. The fraction of sp³-hybridized carbons (Fsp3) is 0.867. The number of carbonyl (C=O) groups is 2. The van der Waals surface area contributed by atoms with E-state index in [1.165, 1.54) is 0 Å². The highest BCUT2D eigenvalue weighted by molar-refractivity contribution is 5.90. The normalized spacial score (nSPS) is 24.1. The maximum absolute atomic E-state index is 11.6. The summed E-state index contributed by atoms with van der Waals surface area (Å²) < 4.78 is 4.89. The third kappa shape index (κ3) is 4.79. The Morgan fingerprint density at radius 3 is 1.72 bits per heavy atom. The van der Waals surface area contributed by atoms with Gasteiger partial charge >= 0.3 is 11.9 Å². The maximum atomic E-state index is 11.6. The number of ether oxygens (including phenoxy) is 1. The van der Waals surface area contributed by atoms with Crippen LogP contribution in [-0.4, -0.2) is 11.9 Å². The van der Waals surface area contributed by atoms with Gasteiger partial charge in [-0.1, -0.05) is 52.4 Å². The Labute approximate surface area is 110 Å². The molecule has 1 heterocycles. The molecule has 0 aromatic carbocycles. The van der Waals surface area contributed by atoms with Gasteiger partial charge in [-0.15, -0.1) is 0 Å². The highest BCUT2D eigenvalue weighted by atomic mass is 16.6. The van der Waals surface area contributed by atoms with Crippen LogP contribution in [0, 0.1) is 11.8 Å². The van der Waals surface area contributed by atoms with Gasteiger partial charge in [0.2, 0.25) is 0 Å². The Morgan fingerprint density at radius 2 is 1.33 bits per heavy atom. The van der Waals surface area contributed by atoms with Crippen LogP contribution in [0.3, 0.4) is 0 Å². The van der Waals surface area contributed by atoms with Gasteiger partial charge in [0.25, 0.3) is 0 Å². The molecule has 1 unspecified atom stereocenters. The van der Waals surface area contributed by atoms with Crippen molar-refractivity contribution in [3.8, 4) is 0 Å². The molecule has 0 saturated carbocycles. The van der Waals surface area contributed by atoms with Crippen LogP contribution in [0.15, 0.2) is 0 Å². The SMILES string of the molecule is CCCCCC1C[C@@H](CCCCC)C(=O)OC1=O. The van der Waals surface area contributed by atoms with E-state index in [-0.39, 0.29) is 23.8 Å². The summed E-state index contributed by atoms with van der Waals surface area (Å²) in [7, 11) is 0. The van der Waals surface area contributed by atoms with Crippen LogP contribution in [0.2, 0.25) is 0 Å². The first kappa shape index (κ1) is 15.2. The number of cyclic esters (lactones) is 2. The molecule has 0 bridgehead atoms. The average molecular weight is 254 g/mol. The predicted octanol–water partition coefficient (Wildman–Crippen LogP) is 3.85. The third-order valence-electron chi connectivity index (χ3n) is 3.75. The Morgan fingerprint density at radius 1 is 0.889 bits per heavy atom. The minimum atomic E-state index is -0.289. The lowest BCUT2D eigenvalue weighted by Crippen LogP contribution is -2.34. The number of carbonyl (C=O) groups excluding carboxylic acids is 2. The van der Waals surface area contributed by atoms with Crippen LogP contribution in [-0.2, 0) is 14.3 Å². The van der Waals surface area contributed by atoms with Crippen molar-refractivity contribution in [2.75, 3.05) is 0 Å². The van der Waals surface area contributed by atoms with E-state index in [2.05, 4.69) is 13.8 Å². The largest absolute Gasteiger partial charge is 0.393 e. The summed E-state index contributed by atoms with van der Waals surface area (Å²) in [4.78, 5) is 23.3. The van der Waals surface area contributed by atoms with Gasteiger partial charge in [0.1, 0.15) is 0 Å². The first-order valence-corrected chi connectivity index (χ1v) is 7.44. The van der Waals surface area contributed by atoms with E-state index in [0.29, 0.717) is 6.42 Å². The second kappa shape index (κ2) is 8.28. The Hall–Kier alpha value is -0.860. The smallest absolute Gasteiger partial charge is 0.316 e. The van der Waals surface area contributed by atoms with Crippen molar-refractivity contribution >= 4 is 11.9 Å². The molecule has 0 aliphatic carbocycles. The van der Waals surface area contributed by atoms with E-state index < -0.39 is 0 Å². The quantitative estimate of drug-likeness (QED) is 0.375. The molecule has 2 atom stereocenters. The highest BCUT2D eigenvalue weighted by Crippen LogP contribution is 2.29. The van der Waals surface area contributed by atoms with Crippen molar-refractivity contribution in [2.45, 2.75) is 71.6 Å². The van der Waals surface area contributed by atoms with Crippen LogP contribution in [0.1, 0.15) is 71.6 Å². The molecule has 1 rings (SSSR count). The lowest BCUT2D eigenvalue weighted by atomic mass is 9.85. The van der Waals surface area contributed by atoms with Crippen molar-refractivity contribution < 1.29 is 14.3 Å². The van der Waals surface area contributed by atoms with Gasteiger partial charge in [-0.3, -0.25) is 9.59 Å². The highest BCUT2D eigenvalue weighted by Gasteiger charge is 2.35. The molecule has 0 radical (unpaired) electrons. The molecule has 1 saturated heterocycles. The Bertz CT molecular complexity index is 247. The summed E-state index contributed by atoms with van der Waals surface area (Å²) in [5.41, 5.74) is 0. The van der Waals surface area contributed by atoms with Gasteiger partial charge < -0.3 is 4.74 Å². The zero-order chi connectivity index (χ0) is 13.4. The van der Waals surface area contributed by atoms with Crippen molar-refractivity contribution in [3.63, 3.8) is 0 Å². The molecule has 3 heteroatoms. The molecular formula is C15H26O3. The molecule has 0 aromatic heterocycles. The summed E-state index contributed by atoms with van der Waals surface area (Å²) in [6, 6.07) is 0. The maximum Gasteiger partial charge on any atom is 0.316 e. The van der Waals surface area contributed by atoms with Gasteiger partial charge in [-0.05, 0) is 19.3 Å². The van der Waals surface area contributed by atoms with Gasteiger partial charge in [0, 0.05) is 0 Å². The molecule has 0 spiro atoms. The van der Waals surface area contributed by atoms with E-state index in [1.807, 2.05) is 0 Å². The third-order valence-corrected chi connectivity index (χ3v) is 3.75. The fourth-order valence-electron chi connectivity index (χ4n) is 2.55. The number of rotatable bonds is 8. The van der Waals surface area contributed by atoms with Crippen LogP contribution in [0.5, 0.6) is 0 Å². The lowest BCUT2D eigenvalue weighted by Gasteiger charge is -2.26. The first-order valence-electron chi connectivity index (χ1n) is 7.44. The Balaban J connectivity index is 2.39. The van der Waals surface area contributed by atoms with E-state index in [9.17, 15) is 9.59 Å². The van der Waals surface area contributed by atoms with Crippen molar-refractivity contribution in [1.82, 2.24) is 0 Å². The molecular weight excluding hydrogens is 228 g/mol. The number of hydrogen-bond donors (Lipinski definition) is 0. The van der Waals surface area contributed by atoms with E-state index >= 15 is 0 Å². The summed E-state index contributed by atoms with van der Waals surface area (Å²) in [6.45, 7) is 4.30. The summed E-state index contributed by atoms with van der Waals surface area (Å²) in [6.07, 6.45) is 9.20. The first-order chi connectivity index (χ1) is 8.69. The molecule has 1 aliphatic rings. The fourth-order valence-corrected chi connectivity index (χ4v) is 2.55. The number of unbranched alkanes of at least 4 members (excludes halogenated alkanes) is 4. The van der Waals surface area contributed by atoms with Crippen LogP contribution >= 0.6 is 0 Å². The lowest BCUT2D eigenvalue weighted by molar-refractivity contribution is -0.172. The number of esters is 2. The van der Waals surface area contributed by atoms with Crippen molar-refractivity contribution in [1.29, 1.82) is 0 Å². The standard InChI is InChI=1S/C15H26O3/c1-3-5-7-9-12-11-13(10-8-6-4-2)15(17)18-14(12)16/h12-13H,3-11H2,1-2H3/t12-,13?/m1/s1. The summed E-state index contributed by atoms with van der Waals surface area (Å²) >= 11 is 0. The van der Waals surface area contributed by atoms with Crippen LogP contribution < -0.4 is 0 Å². The second-order valence-electron chi connectivity index (χ2n) is 5.36. The number of hydrogen-bond acceptors (Lipinski definition) is 3.